The Bertz CT molecular complexity index is 1910. The zero-order valence-electron chi connectivity index (χ0n) is 28.0. The summed E-state index contributed by atoms with van der Waals surface area (Å²) in [5, 5.41) is 0. The van der Waals surface area contributed by atoms with Crippen LogP contribution in [0.3, 0.4) is 0 Å². The van der Waals surface area contributed by atoms with Crippen molar-refractivity contribution in [2.45, 2.75) is 66.5 Å². The average molecular weight is 764 g/mol. The number of nitrogens with zero attached hydrogens (tertiary/aromatic N) is 2. The van der Waals surface area contributed by atoms with Crippen LogP contribution in [0.15, 0.2) is 0 Å². The molecule has 0 radical (unpaired) electrons. The molecule has 0 aliphatic rings. The van der Waals surface area contributed by atoms with Crippen molar-refractivity contribution < 1.29 is 79.9 Å². The average Bonchev–Trinajstić information content (AvgIpc) is 3.33. The number of imidazole rings is 1. The summed E-state index contributed by atoms with van der Waals surface area (Å²) in [6.45, 7) is 11.1. The molecule has 52 heavy (non-hydrogen) atoms. The number of halogens is 15. The molecule has 282 valence electrons. The van der Waals surface area contributed by atoms with Gasteiger partial charge in [0.1, 0.15) is 57.4 Å². The first-order valence-corrected chi connectivity index (χ1v) is 14.7. The molecule has 0 bridgehead atoms. The lowest BCUT2D eigenvalue weighted by Crippen LogP contribution is -2.76. The highest BCUT2D eigenvalue weighted by Gasteiger charge is 2.53. The number of aromatic nitrogens is 2. The number of hydrogen-bond donors (Lipinski definition) is 0. The molecule has 0 saturated heterocycles. The van der Waals surface area contributed by atoms with Gasteiger partial charge in [0.15, 0.2) is 52.4 Å². The fourth-order valence-corrected chi connectivity index (χ4v) is 6.32. The Hall–Kier alpha value is -4.65. The van der Waals surface area contributed by atoms with Gasteiger partial charge in [0.2, 0.25) is 0 Å². The van der Waals surface area contributed by atoms with Crippen molar-refractivity contribution in [2.24, 2.45) is 0 Å². The van der Waals surface area contributed by atoms with Crippen molar-refractivity contribution in [3.8, 4) is 0 Å². The molecule has 3 aromatic carbocycles. The first-order valence-electron chi connectivity index (χ1n) is 14.7. The summed E-state index contributed by atoms with van der Waals surface area (Å²) in [5.74, 6) is -51.6. The van der Waals surface area contributed by atoms with E-state index < -0.39 is 133 Å². The molecular formula is C32H24BF15N2O2. The van der Waals surface area contributed by atoms with Crippen LogP contribution in [0.2, 0.25) is 0 Å². The maximum Gasteiger partial charge on any atom is 0.375 e. The largest absolute Gasteiger partial charge is 0.667 e. The fraction of sp³-hybridized carbons (Fsp3) is 0.312. The first kappa shape index (κ1) is 40.1. The summed E-state index contributed by atoms with van der Waals surface area (Å²) in [5.41, 5.74) is -11.6. The minimum atomic E-state index is -6.57. The van der Waals surface area contributed by atoms with Gasteiger partial charge in [-0.25, -0.2) is 79.8 Å². The van der Waals surface area contributed by atoms with E-state index in [-0.39, 0.29) is 11.4 Å². The lowest BCUT2D eigenvalue weighted by molar-refractivity contribution is -0.760. The molecule has 0 unspecified atom stereocenters. The SMILES string of the molecule is Cc1c(C)[n+](C(C)(C)C)c(C(=O)O[B-](c2c(F)c(F)c(F)c(F)c2F)(c2c(F)c(F)c(F)c(F)c2F)c2c(F)c(F)c(F)c(F)c2F)n1C(C)(C)C. The third-order valence-electron chi connectivity index (χ3n) is 8.38. The van der Waals surface area contributed by atoms with Crippen LogP contribution in [-0.4, -0.2) is 16.9 Å². The van der Waals surface area contributed by atoms with Gasteiger partial charge in [-0.05, 0) is 41.5 Å². The predicted molar refractivity (Wildman–Crippen MR) is 153 cm³/mol. The van der Waals surface area contributed by atoms with E-state index in [1.807, 2.05) is 0 Å². The predicted octanol–water partition coefficient (Wildman–Crippen LogP) is 6.81. The Morgan fingerprint density at radius 2 is 0.750 bits per heavy atom. The minimum Gasteiger partial charge on any atom is -0.667 e. The second-order valence-corrected chi connectivity index (χ2v) is 13.6. The van der Waals surface area contributed by atoms with E-state index in [1.165, 1.54) is 55.4 Å². The summed E-state index contributed by atoms with van der Waals surface area (Å²) in [4.78, 5) is 14.5. The van der Waals surface area contributed by atoms with Crippen molar-refractivity contribution in [3.05, 3.63) is 104 Å². The van der Waals surface area contributed by atoms with Crippen LogP contribution in [0.5, 0.6) is 0 Å². The third-order valence-corrected chi connectivity index (χ3v) is 8.38. The molecule has 0 amide bonds. The van der Waals surface area contributed by atoms with Gasteiger partial charge in [-0.2, -0.15) is 0 Å². The van der Waals surface area contributed by atoms with Crippen LogP contribution in [0.25, 0.3) is 0 Å². The molecule has 4 rings (SSSR count). The summed E-state index contributed by atoms with van der Waals surface area (Å²) in [7, 11) is 0. The Morgan fingerprint density at radius 3 is 0.981 bits per heavy atom. The molecular weight excluding hydrogens is 740 g/mol. The maximum atomic E-state index is 15.9. The Kier molecular flexibility index (Phi) is 9.87. The van der Waals surface area contributed by atoms with E-state index in [0.29, 0.717) is 0 Å². The molecule has 4 nitrogen and oxygen atoms in total. The van der Waals surface area contributed by atoms with Gasteiger partial charge >= 0.3 is 11.8 Å². The van der Waals surface area contributed by atoms with Gasteiger partial charge in [0, 0.05) is 13.8 Å². The third kappa shape index (κ3) is 5.59. The highest BCUT2D eigenvalue weighted by Crippen LogP contribution is 2.31. The van der Waals surface area contributed by atoms with E-state index in [2.05, 4.69) is 0 Å². The summed E-state index contributed by atoms with van der Waals surface area (Å²) in [6, 6.07) is 0. The number of benzene rings is 3. The zero-order chi connectivity index (χ0) is 40.1. The fourth-order valence-electron chi connectivity index (χ4n) is 6.32. The second-order valence-electron chi connectivity index (χ2n) is 13.6. The summed E-state index contributed by atoms with van der Waals surface area (Å²) >= 11 is 0. The smallest absolute Gasteiger partial charge is 0.375 e. The van der Waals surface area contributed by atoms with Crippen molar-refractivity contribution in [3.63, 3.8) is 0 Å². The number of carbonyl (C=O) groups is 1. The molecule has 0 saturated carbocycles. The van der Waals surface area contributed by atoms with Crippen molar-refractivity contribution in [1.82, 2.24) is 4.57 Å². The van der Waals surface area contributed by atoms with Crippen LogP contribution >= 0.6 is 0 Å². The highest BCUT2D eigenvalue weighted by atomic mass is 19.2. The monoisotopic (exact) mass is 764 g/mol. The Morgan fingerprint density at radius 1 is 0.500 bits per heavy atom. The van der Waals surface area contributed by atoms with E-state index in [9.17, 15) is 44.3 Å². The van der Waals surface area contributed by atoms with Crippen molar-refractivity contribution in [1.29, 1.82) is 0 Å². The van der Waals surface area contributed by atoms with E-state index in [0.717, 1.165) is 9.13 Å². The summed E-state index contributed by atoms with van der Waals surface area (Å²) in [6.07, 6.45) is -6.57. The molecule has 1 aromatic heterocycles. The molecule has 0 spiro atoms. The van der Waals surface area contributed by atoms with E-state index in [4.69, 9.17) is 4.65 Å². The van der Waals surface area contributed by atoms with Crippen LogP contribution in [0.1, 0.15) is 63.5 Å². The van der Waals surface area contributed by atoms with Crippen LogP contribution in [0.4, 0.5) is 65.9 Å². The normalized spacial score (nSPS) is 12.6. The van der Waals surface area contributed by atoms with Gasteiger partial charge < -0.3 is 4.65 Å². The first-order chi connectivity index (χ1) is 23.6. The Balaban J connectivity index is 2.50. The molecule has 0 aliphatic heterocycles. The second kappa shape index (κ2) is 12.8. The Labute approximate surface area is 284 Å². The van der Waals surface area contributed by atoms with Crippen LogP contribution in [0, 0.1) is 101 Å². The van der Waals surface area contributed by atoms with Gasteiger partial charge in [-0.1, -0.05) is 16.4 Å². The lowest BCUT2D eigenvalue weighted by atomic mass is 9.27. The maximum absolute atomic E-state index is 15.9. The zero-order valence-corrected chi connectivity index (χ0v) is 28.0. The van der Waals surface area contributed by atoms with E-state index >= 15 is 26.3 Å². The number of carbonyl (C=O) groups excluding carboxylic acids is 1. The molecule has 4 aromatic rings. The number of hydrogen-bond acceptors (Lipinski definition) is 2. The number of rotatable bonds is 5. The van der Waals surface area contributed by atoms with Gasteiger partial charge in [-0.3, -0.25) is 0 Å². The lowest BCUT2D eigenvalue weighted by Gasteiger charge is -2.43. The molecule has 0 N–H and O–H groups in total. The standard InChI is InChI=1S/C32H24BF15N2O2/c1-9-10(2)50(32(6,7)8)29(49(9)31(3,4)5)30(51)52-33(11-14(34)20(40)26(46)21(41)15(11)35,12-16(36)22(42)27(47)23(43)17(12)37)13-18(38)24(44)28(48)25(45)19(13)39/h1-8H3. The van der Waals surface area contributed by atoms with E-state index in [1.54, 1.807) is 0 Å². The van der Waals surface area contributed by atoms with Crippen LogP contribution in [-0.2, 0) is 15.7 Å². The minimum absolute atomic E-state index is 0.121. The molecule has 0 aliphatic carbocycles. The van der Waals surface area contributed by atoms with Gasteiger partial charge in [0.25, 0.3) is 6.35 Å². The molecule has 20 heteroatoms. The highest BCUT2D eigenvalue weighted by molar-refractivity contribution is 7.08. The van der Waals surface area contributed by atoms with Gasteiger partial charge in [0.05, 0.1) is 0 Å². The summed E-state index contributed by atoms with van der Waals surface area (Å²) < 4.78 is 235. The molecule has 0 fully saturated rings. The topological polar surface area (TPSA) is 35.1 Å². The quantitative estimate of drug-likeness (QED) is 0.0737. The van der Waals surface area contributed by atoms with Gasteiger partial charge in [-0.15, -0.1) is 0 Å². The van der Waals surface area contributed by atoms with Crippen LogP contribution < -0.4 is 21.0 Å². The molecule has 1 heterocycles. The van der Waals surface area contributed by atoms with Crippen molar-refractivity contribution >= 4 is 28.7 Å². The van der Waals surface area contributed by atoms with Crippen molar-refractivity contribution in [2.75, 3.05) is 0 Å². The molecule has 0 atom stereocenters.